The van der Waals surface area contributed by atoms with E-state index < -0.39 is 0 Å². The third-order valence-electron chi connectivity index (χ3n) is 4.37. The lowest BCUT2D eigenvalue weighted by Crippen LogP contribution is -2.22. The van der Waals surface area contributed by atoms with Gasteiger partial charge in [0, 0.05) is 10.4 Å². The average molecular weight is 413 g/mol. The van der Waals surface area contributed by atoms with Gasteiger partial charge in [-0.1, -0.05) is 53.6 Å². The van der Waals surface area contributed by atoms with Gasteiger partial charge in [0.15, 0.2) is 5.78 Å². The monoisotopic (exact) mass is 412 g/mol. The van der Waals surface area contributed by atoms with Crippen molar-refractivity contribution in [1.29, 1.82) is 0 Å². The first kappa shape index (κ1) is 20.3. The van der Waals surface area contributed by atoms with Gasteiger partial charge in [0.2, 0.25) is 5.91 Å². The zero-order valence-corrected chi connectivity index (χ0v) is 17.1. The molecule has 4 nitrogen and oxygen atoms in total. The molecule has 0 spiro atoms. The molecule has 1 amide bonds. The van der Waals surface area contributed by atoms with Crippen LogP contribution in [0.1, 0.15) is 31.9 Å². The fraction of sp³-hybridized carbons (Fsp3) is 0.182. The first-order valence-electron chi connectivity index (χ1n) is 8.95. The summed E-state index contributed by atoms with van der Waals surface area (Å²) in [6, 6.07) is 17.1. The fourth-order valence-electron chi connectivity index (χ4n) is 2.82. The van der Waals surface area contributed by atoms with E-state index in [1.807, 2.05) is 6.07 Å². The Hall–Kier alpha value is -2.47. The zero-order chi connectivity index (χ0) is 20.1. The minimum atomic E-state index is -0.333. The van der Waals surface area contributed by atoms with Crippen molar-refractivity contribution in [2.45, 2.75) is 19.8 Å². The number of nitrogens with one attached hydrogen (secondary N) is 1. The number of carbonyl (C=O) groups is 2. The summed E-state index contributed by atoms with van der Waals surface area (Å²) in [5.74, 6) is -0.545. The highest BCUT2D eigenvalue weighted by molar-refractivity contribution is 7.16. The number of nitrogens with two attached hydrogens (primary N) is 1. The molecule has 0 saturated heterocycles. The molecule has 0 unspecified atom stereocenters. The Labute approximate surface area is 173 Å². The molecule has 3 N–H and O–H groups in total. The van der Waals surface area contributed by atoms with E-state index in [9.17, 15) is 9.59 Å². The largest absolute Gasteiger partial charge is 0.322 e. The maximum atomic E-state index is 13.0. The minimum absolute atomic E-state index is 0.143. The van der Waals surface area contributed by atoms with E-state index in [2.05, 4.69) is 36.5 Å². The van der Waals surface area contributed by atoms with Crippen LogP contribution >= 0.6 is 22.9 Å². The Bertz CT molecular complexity index is 996. The number of aryl methyl sites for hydroxylation is 3. The molecule has 0 atom stereocenters. The summed E-state index contributed by atoms with van der Waals surface area (Å²) in [7, 11) is 0. The van der Waals surface area contributed by atoms with Gasteiger partial charge < -0.3 is 11.1 Å². The Morgan fingerprint density at radius 1 is 1.04 bits per heavy atom. The van der Waals surface area contributed by atoms with E-state index in [-0.39, 0.29) is 18.2 Å². The summed E-state index contributed by atoms with van der Waals surface area (Å²) in [6.07, 6.45) is 1.62. The van der Waals surface area contributed by atoms with Crippen molar-refractivity contribution in [1.82, 2.24) is 0 Å². The summed E-state index contributed by atoms with van der Waals surface area (Å²) in [5.41, 5.74) is 8.73. The molecule has 6 heteroatoms. The summed E-state index contributed by atoms with van der Waals surface area (Å²) in [6.45, 7) is 1.92. The number of hydrogen-bond donors (Lipinski definition) is 2. The second-order valence-corrected chi connectivity index (χ2v) is 8.05. The summed E-state index contributed by atoms with van der Waals surface area (Å²) in [5, 5.41) is 3.65. The number of benzene rings is 2. The molecule has 144 valence electrons. The van der Waals surface area contributed by atoms with Gasteiger partial charge in [0.05, 0.1) is 17.1 Å². The van der Waals surface area contributed by atoms with Gasteiger partial charge in [-0.05, 0) is 43.5 Å². The van der Waals surface area contributed by atoms with Crippen LogP contribution in [0.25, 0.3) is 0 Å². The van der Waals surface area contributed by atoms with Crippen molar-refractivity contribution in [3.8, 4) is 0 Å². The number of carbonyl (C=O) groups excluding carboxylic acids is 2. The van der Waals surface area contributed by atoms with Crippen molar-refractivity contribution in [3.05, 3.63) is 86.8 Å². The van der Waals surface area contributed by atoms with Gasteiger partial charge in [0.25, 0.3) is 0 Å². The number of hydrogen-bond acceptors (Lipinski definition) is 4. The van der Waals surface area contributed by atoms with E-state index in [0.717, 1.165) is 17.7 Å². The van der Waals surface area contributed by atoms with Crippen molar-refractivity contribution in [2.75, 3.05) is 11.9 Å². The van der Waals surface area contributed by atoms with E-state index in [4.69, 9.17) is 17.3 Å². The van der Waals surface area contributed by atoms with Crippen LogP contribution in [0, 0.1) is 6.92 Å². The molecule has 28 heavy (non-hydrogen) atoms. The normalized spacial score (nSPS) is 10.7. The number of ketones is 1. The minimum Gasteiger partial charge on any atom is -0.322 e. The van der Waals surface area contributed by atoms with Gasteiger partial charge in [-0.3, -0.25) is 9.59 Å². The van der Waals surface area contributed by atoms with Crippen molar-refractivity contribution in [3.63, 3.8) is 0 Å². The SMILES string of the molecule is Cc1ccc(CCc2cc(C(=O)c3ccccc3Cl)c(NC(=O)CN)s2)cc1. The molecule has 0 radical (unpaired) electrons. The van der Waals surface area contributed by atoms with Gasteiger partial charge in [-0.25, -0.2) is 0 Å². The Morgan fingerprint density at radius 3 is 2.43 bits per heavy atom. The molecule has 1 heterocycles. The van der Waals surface area contributed by atoms with Crippen LogP contribution < -0.4 is 11.1 Å². The lowest BCUT2D eigenvalue weighted by atomic mass is 10.0. The summed E-state index contributed by atoms with van der Waals surface area (Å²) in [4.78, 5) is 25.9. The zero-order valence-electron chi connectivity index (χ0n) is 15.5. The molecule has 3 aromatic rings. The Morgan fingerprint density at radius 2 is 1.75 bits per heavy atom. The highest BCUT2D eigenvalue weighted by Gasteiger charge is 2.20. The number of anilines is 1. The number of amides is 1. The second kappa shape index (κ2) is 9.15. The van der Waals surface area contributed by atoms with Crippen molar-refractivity contribution >= 4 is 39.6 Å². The van der Waals surface area contributed by atoms with Crippen LogP contribution in [-0.4, -0.2) is 18.2 Å². The quantitative estimate of drug-likeness (QED) is 0.556. The molecule has 3 rings (SSSR count). The predicted molar refractivity (Wildman–Crippen MR) is 115 cm³/mol. The average Bonchev–Trinajstić information content (AvgIpc) is 3.10. The molecule has 0 aliphatic heterocycles. The maximum absolute atomic E-state index is 13.0. The molecule has 0 aliphatic carbocycles. The fourth-order valence-corrected chi connectivity index (χ4v) is 4.11. The smallest absolute Gasteiger partial charge is 0.238 e. The van der Waals surface area contributed by atoms with Crippen molar-refractivity contribution < 1.29 is 9.59 Å². The molecule has 0 bridgehead atoms. The van der Waals surface area contributed by atoms with Gasteiger partial charge >= 0.3 is 0 Å². The maximum Gasteiger partial charge on any atom is 0.238 e. The number of halogens is 1. The van der Waals surface area contributed by atoms with Crippen LogP contribution in [0.15, 0.2) is 54.6 Å². The van der Waals surface area contributed by atoms with Gasteiger partial charge in [-0.15, -0.1) is 11.3 Å². The third kappa shape index (κ3) is 4.87. The molecule has 0 saturated carbocycles. The summed E-state index contributed by atoms with van der Waals surface area (Å²) >= 11 is 7.59. The van der Waals surface area contributed by atoms with Crippen LogP contribution in [0.5, 0.6) is 0 Å². The van der Waals surface area contributed by atoms with Gasteiger partial charge in [0.1, 0.15) is 5.00 Å². The molecular formula is C22H21ClN2O2S. The predicted octanol–water partition coefficient (Wildman–Crippen LogP) is 4.62. The highest BCUT2D eigenvalue weighted by Crippen LogP contribution is 2.32. The molecular weight excluding hydrogens is 392 g/mol. The second-order valence-electron chi connectivity index (χ2n) is 6.50. The van der Waals surface area contributed by atoms with E-state index in [1.165, 1.54) is 22.5 Å². The first-order valence-corrected chi connectivity index (χ1v) is 10.1. The number of rotatable bonds is 7. The van der Waals surface area contributed by atoms with Crippen LogP contribution in [0.3, 0.4) is 0 Å². The number of thiophene rings is 1. The van der Waals surface area contributed by atoms with Crippen LogP contribution in [0.4, 0.5) is 5.00 Å². The highest BCUT2D eigenvalue weighted by atomic mass is 35.5. The molecule has 2 aromatic carbocycles. The first-order chi connectivity index (χ1) is 13.5. The van der Waals surface area contributed by atoms with Gasteiger partial charge in [-0.2, -0.15) is 0 Å². The summed E-state index contributed by atoms with van der Waals surface area (Å²) < 4.78 is 0. The van der Waals surface area contributed by atoms with E-state index in [0.29, 0.717) is 21.2 Å². The Kier molecular flexibility index (Phi) is 6.62. The molecule has 0 fully saturated rings. The standard InChI is InChI=1S/C22H21ClN2O2S/c1-14-6-8-15(9-7-14)10-11-16-12-18(22(28-16)25-20(26)13-24)21(27)17-4-2-3-5-19(17)23/h2-9,12H,10-11,13,24H2,1H3,(H,25,26). The topological polar surface area (TPSA) is 72.2 Å². The van der Waals surface area contributed by atoms with E-state index >= 15 is 0 Å². The van der Waals surface area contributed by atoms with E-state index in [1.54, 1.807) is 24.3 Å². The van der Waals surface area contributed by atoms with Crippen molar-refractivity contribution in [2.24, 2.45) is 5.73 Å². The van der Waals surface area contributed by atoms with Crippen LogP contribution in [0.2, 0.25) is 5.02 Å². The third-order valence-corrected chi connectivity index (χ3v) is 5.81. The molecule has 1 aromatic heterocycles. The lowest BCUT2D eigenvalue weighted by Gasteiger charge is -2.05. The Balaban J connectivity index is 1.87. The molecule has 0 aliphatic rings. The lowest BCUT2D eigenvalue weighted by molar-refractivity contribution is -0.114. The van der Waals surface area contributed by atoms with Crippen LogP contribution in [-0.2, 0) is 17.6 Å².